The molecule has 0 N–H and O–H groups in total. The van der Waals surface area contributed by atoms with E-state index in [0.29, 0.717) is 0 Å². The van der Waals surface area contributed by atoms with E-state index in [1.807, 2.05) is 12.1 Å². The zero-order chi connectivity index (χ0) is 12.5. The molecule has 0 saturated heterocycles. The van der Waals surface area contributed by atoms with Crippen LogP contribution in [0.4, 0.5) is 0 Å². The Balaban J connectivity index is 0.000000285. The fraction of sp³-hybridized carbons (Fsp3) is 0.0588. The molecular formula is C17H18Ti. The fourth-order valence-electron chi connectivity index (χ4n) is 1.54. The minimum Gasteiger partial charge on any atom is -0.213 e. The van der Waals surface area contributed by atoms with Gasteiger partial charge in [-0.3, -0.25) is 0 Å². The Kier molecular flexibility index (Phi) is 8.91. The molecular weight excluding hydrogens is 252 g/mol. The van der Waals surface area contributed by atoms with Gasteiger partial charge in [-0.2, -0.15) is 35.2 Å². The van der Waals surface area contributed by atoms with Crippen molar-refractivity contribution >= 4 is 10.8 Å². The van der Waals surface area contributed by atoms with Gasteiger partial charge in [-0.25, -0.2) is 12.1 Å². The minimum absolute atomic E-state index is 0. The van der Waals surface area contributed by atoms with Gasteiger partial charge >= 0.3 is 21.7 Å². The van der Waals surface area contributed by atoms with Gasteiger partial charge in [0.15, 0.2) is 0 Å². The van der Waals surface area contributed by atoms with E-state index in [9.17, 15) is 0 Å². The van der Waals surface area contributed by atoms with Gasteiger partial charge in [0.2, 0.25) is 0 Å². The Hall–Kier alpha value is -1.37. The van der Waals surface area contributed by atoms with Crippen molar-refractivity contribution in [2.75, 3.05) is 0 Å². The Labute approximate surface area is 125 Å². The minimum atomic E-state index is 0. The van der Waals surface area contributed by atoms with Gasteiger partial charge < -0.3 is 0 Å². The van der Waals surface area contributed by atoms with Crippen LogP contribution in [-0.4, -0.2) is 0 Å². The average Bonchev–Trinajstić information content (AvgIpc) is 3.02. The molecule has 0 nitrogen and oxygen atoms in total. The molecule has 0 unspecified atom stereocenters. The fourth-order valence-corrected chi connectivity index (χ4v) is 1.54. The molecule has 0 heterocycles. The zero-order valence-electron chi connectivity index (χ0n) is 10.8. The number of fused-ring (bicyclic) bond motifs is 1. The molecule has 1 heteroatoms. The second-order valence-electron chi connectivity index (χ2n) is 3.62. The Morgan fingerprint density at radius 3 is 2.06 bits per heavy atom. The molecule has 90 valence electrons. The predicted molar refractivity (Wildman–Crippen MR) is 77.6 cm³/mol. The molecule has 0 spiro atoms. The van der Waals surface area contributed by atoms with Crippen molar-refractivity contribution in [3.8, 4) is 0 Å². The van der Waals surface area contributed by atoms with Gasteiger partial charge in [-0.1, -0.05) is 13.0 Å². The molecule has 0 radical (unpaired) electrons. The van der Waals surface area contributed by atoms with Gasteiger partial charge in [0.1, 0.15) is 0 Å². The Bertz CT molecular complexity index is 487. The quantitative estimate of drug-likeness (QED) is 0.304. The first-order valence-electron chi connectivity index (χ1n) is 5.65. The summed E-state index contributed by atoms with van der Waals surface area (Å²) in [6, 6.07) is 22.9. The van der Waals surface area contributed by atoms with Crippen LogP contribution in [0, 0.1) is 6.92 Å². The first-order valence-corrected chi connectivity index (χ1v) is 5.65. The van der Waals surface area contributed by atoms with Crippen LogP contribution in [0.5, 0.6) is 0 Å². The van der Waals surface area contributed by atoms with Crippen LogP contribution >= 0.6 is 0 Å². The zero-order valence-corrected chi connectivity index (χ0v) is 12.3. The van der Waals surface area contributed by atoms with Gasteiger partial charge in [-0.05, 0) is 0 Å². The normalized spacial score (nSPS) is 8.28. The summed E-state index contributed by atoms with van der Waals surface area (Å²) in [7, 11) is 0. The summed E-state index contributed by atoms with van der Waals surface area (Å²) in [5, 5.41) is 2.66. The molecule has 3 aromatic rings. The van der Waals surface area contributed by atoms with Crippen LogP contribution in [0.25, 0.3) is 10.8 Å². The number of rotatable bonds is 0. The van der Waals surface area contributed by atoms with Crippen molar-refractivity contribution in [2.45, 2.75) is 6.92 Å². The third kappa shape index (κ3) is 5.31. The van der Waals surface area contributed by atoms with E-state index in [-0.39, 0.29) is 21.7 Å². The first kappa shape index (κ1) is 16.6. The molecule has 0 aliphatic rings. The van der Waals surface area contributed by atoms with E-state index in [1.165, 1.54) is 16.3 Å². The van der Waals surface area contributed by atoms with E-state index < -0.39 is 0 Å². The van der Waals surface area contributed by atoms with Crippen molar-refractivity contribution in [1.29, 1.82) is 0 Å². The number of hydrogen-bond acceptors (Lipinski definition) is 0. The predicted octanol–water partition coefficient (Wildman–Crippen LogP) is 5.07. The van der Waals surface area contributed by atoms with E-state index in [2.05, 4.69) is 74.7 Å². The second kappa shape index (κ2) is 9.64. The largest absolute Gasteiger partial charge is 2.00 e. The van der Waals surface area contributed by atoms with Crippen LogP contribution in [-0.2, 0) is 21.7 Å². The summed E-state index contributed by atoms with van der Waals surface area (Å²) in [4.78, 5) is 0. The van der Waals surface area contributed by atoms with Gasteiger partial charge in [-0.15, -0.1) is 42.8 Å². The summed E-state index contributed by atoms with van der Waals surface area (Å²) in [6.45, 7) is 8.08. The number of hydrogen-bond donors (Lipinski definition) is 0. The van der Waals surface area contributed by atoms with Crippen LogP contribution < -0.4 is 0 Å². The molecule has 0 bridgehead atoms. The maximum atomic E-state index is 3.00. The molecule has 0 amide bonds. The summed E-state index contributed by atoms with van der Waals surface area (Å²) in [5.41, 5.74) is 1.34. The van der Waals surface area contributed by atoms with Crippen molar-refractivity contribution in [3.05, 3.63) is 85.5 Å². The van der Waals surface area contributed by atoms with Crippen molar-refractivity contribution in [3.63, 3.8) is 0 Å². The monoisotopic (exact) mass is 270 g/mol. The topological polar surface area (TPSA) is 0 Å². The summed E-state index contributed by atoms with van der Waals surface area (Å²) >= 11 is 0. The van der Waals surface area contributed by atoms with Crippen LogP contribution in [0.2, 0.25) is 0 Å². The smallest absolute Gasteiger partial charge is 0.213 e. The molecule has 0 aromatic heterocycles. The molecule has 3 aromatic carbocycles. The summed E-state index contributed by atoms with van der Waals surface area (Å²) in [5.74, 6) is 0. The molecule has 0 aliphatic heterocycles. The molecule has 0 atom stereocenters. The number of benzene rings is 1. The maximum absolute atomic E-state index is 3.00. The Morgan fingerprint density at radius 2 is 1.56 bits per heavy atom. The standard InChI is InChI=1S/C9H7.C6H7.C2H4.Ti/c1-2-5-9-7-3-6-8(9)4-1;1-6-4-2-3-5-6;1-2;/h1-7H;2-5H,1H3;1-2H2;/q2*-1;;+2. The Morgan fingerprint density at radius 1 is 0.944 bits per heavy atom. The van der Waals surface area contributed by atoms with Gasteiger partial charge in [0.05, 0.1) is 0 Å². The van der Waals surface area contributed by atoms with E-state index in [4.69, 9.17) is 0 Å². The summed E-state index contributed by atoms with van der Waals surface area (Å²) in [6.07, 6.45) is 0. The molecule has 3 rings (SSSR count). The van der Waals surface area contributed by atoms with Gasteiger partial charge in [0, 0.05) is 0 Å². The van der Waals surface area contributed by atoms with Crippen molar-refractivity contribution in [2.24, 2.45) is 0 Å². The number of aryl methyl sites for hydroxylation is 1. The third-order valence-electron chi connectivity index (χ3n) is 2.38. The van der Waals surface area contributed by atoms with E-state index in [0.717, 1.165) is 0 Å². The molecule has 18 heavy (non-hydrogen) atoms. The first-order chi connectivity index (χ1) is 8.36. The van der Waals surface area contributed by atoms with Crippen molar-refractivity contribution in [1.82, 2.24) is 0 Å². The maximum Gasteiger partial charge on any atom is 2.00 e. The second-order valence-corrected chi connectivity index (χ2v) is 3.62. The molecule has 0 aliphatic carbocycles. The molecule has 0 fully saturated rings. The van der Waals surface area contributed by atoms with Crippen molar-refractivity contribution < 1.29 is 21.7 Å². The SMILES string of the molecule is C=C.C[c-]1cccc1.[Ti+2].c1ccc2[cH-]ccc2c1. The van der Waals surface area contributed by atoms with Gasteiger partial charge in [0.25, 0.3) is 0 Å². The van der Waals surface area contributed by atoms with Crippen LogP contribution in [0.15, 0.2) is 79.9 Å². The van der Waals surface area contributed by atoms with Crippen LogP contribution in [0.1, 0.15) is 5.56 Å². The molecule has 0 saturated carbocycles. The van der Waals surface area contributed by atoms with Crippen LogP contribution in [0.3, 0.4) is 0 Å². The third-order valence-corrected chi connectivity index (χ3v) is 2.38. The van der Waals surface area contributed by atoms with E-state index >= 15 is 0 Å². The summed E-state index contributed by atoms with van der Waals surface area (Å²) < 4.78 is 0. The van der Waals surface area contributed by atoms with E-state index in [1.54, 1.807) is 0 Å². The average molecular weight is 270 g/mol.